The fourth-order valence-corrected chi connectivity index (χ4v) is 8.52. The molecule has 0 radical (unpaired) electrons. The van der Waals surface area contributed by atoms with Gasteiger partial charge in [-0.2, -0.15) is 0 Å². The second-order valence-corrected chi connectivity index (χ2v) is 9.40. The van der Waals surface area contributed by atoms with E-state index in [1.807, 2.05) is 30.6 Å². The number of thioether (sulfide) groups is 2. The summed E-state index contributed by atoms with van der Waals surface area (Å²) in [4.78, 5) is 0. The summed E-state index contributed by atoms with van der Waals surface area (Å²) < 4.78 is 17.5. The van der Waals surface area contributed by atoms with Crippen LogP contribution in [0, 0.1) is 17.3 Å². The molecule has 21 heavy (non-hydrogen) atoms. The molecule has 5 heteroatoms. The molecular formula is C16H28O3S2. The lowest BCUT2D eigenvalue weighted by Gasteiger charge is -2.55. The molecule has 1 aliphatic heterocycles. The molecule has 1 saturated heterocycles. The SMILES string of the molecule is COC(OC)C1CC[C@H]2CC[C@]1(C1(OC)SCCCS1)C2. The van der Waals surface area contributed by atoms with E-state index in [4.69, 9.17) is 14.2 Å². The average Bonchev–Trinajstić information content (AvgIpc) is 2.90. The highest BCUT2D eigenvalue weighted by Crippen LogP contribution is 2.68. The van der Waals surface area contributed by atoms with Crippen molar-refractivity contribution >= 4 is 23.5 Å². The lowest BCUT2D eigenvalue weighted by Crippen LogP contribution is -2.54. The Morgan fingerprint density at radius 2 is 1.71 bits per heavy atom. The van der Waals surface area contributed by atoms with Gasteiger partial charge in [-0.1, -0.05) is 0 Å². The van der Waals surface area contributed by atoms with Crippen LogP contribution in [0.2, 0.25) is 0 Å². The van der Waals surface area contributed by atoms with Gasteiger partial charge in [0, 0.05) is 32.7 Å². The zero-order valence-corrected chi connectivity index (χ0v) is 15.1. The van der Waals surface area contributed by atoms with Crippen LogP contribution in [0.5, 0.6) is 0 Å². The second-order valence-electron chi connectivity index (χ2n) is 6.60. The summed E-state index contributed by atoms with van der Waals surface area (Å²) in [5.74, 6) is 3.75. The van der Waals surface area contributed by atoms with Crippen molar-refractivity contribution in [3.63, 3.8) is 0 Å². The lowest BCUT2D eigenvalue weighted by molar-refractivity contribution is -0.190. The molecule has 3 fully saturated rings. The normalized spacial score (nSPS) is 38.9. The smallest absolute Gasteiger partial charge is 0.166 e. The van der Waals surface area contributed by atoms with Crippen LogP contribution in [0.25, 0.3) is 0 Å². The van der Waals surface area contributed by atoms with Gasteiger partial charge in [-0.05, 0) is 55.9 Å². The van der Waals surface area contributed by atoms with Gasteiger partial charge in [0.05, 0.1) is 0 Å². The Hall–Kier alpha value is 0.580. The van der Waals surface area contributed by atoms with Crippen LogP contribution in [0.4, 0.5) is 0 Å². The molecular weight excluding hydrogens is 304 g/mol. The molecule has 1 unspecified atom stereocenters. The molecule has 0 N–H and O–H groups in total. The Morgan fingerprint density at radius 1 is 1.00 bits per heavy atom. The minimum Gasteiger partial charge on any atom is -0.358 e. The van der Waals surface area contributed by atoms with Crippen molar-refractivity contribution < 1.29 is 14.2 Å². The molecule has 0 aromatic carbocycles. The summed E-state index contributed by atoms with van der Waals surface area (Å²) in [7, 11) is 5.47. The summed E-state index contributed by atoms with van der Waals surface area (Å²) >= 11 is 4.08. The fraction of sp³-hybridized carbons (Fsp3) is 1.00. The standard InChI is InChI=1S/C16H28O3S2/c1-17-14(18-2)13-6-5-12-7-8-15(13,11-12)16(19-3)20-9-4-10-21-16/h12-14H,4-11H2,1-3H3/t12-,13?,15-/m0/s1. The Balaban J connectivity index is 1.96. The van der Waals surface area contributed by atoms with Crippen molar-refractivity contribution in [3.05, 3.63) is 0 Å². The Kier molecular flexibility index (Phi) is 5.16. The van der Waals surface area contributed by atoms with E-state index in [1.54, 1.807) is 14.2 Å². The minimum absolute atomic E-state index is 0.0968. The predicted molar refractivity (Wildman–Crippen MR) is 89.6 cm³/mol. The quantitative estimate of drug-likeness (QED) is 0.710. The maximum Gasteiger partial charge on any atom is 0.166 e. The Morgan fingerprint density at radius 3 is 2.33 bits per heavy atom. The molecule has 3 aliphatic rings. The number of hydrogen-bond donors (Lipinski definition) is 0. The highest BCUT2D eigenvalue weighted by Gasteiger charge is 2.63. The summed E-state index contributed by atoms with van der Waals surface area (Å²) in [6.45, 7) is 0. The topological polar surface area (TPSA) is 27.7 Å². The first-order valence-corrected chi connectivity index (χ1v) is 10.1. The number of hydrogen-bond acceptors (Lipinski definition) is 5. The van der Waals surface area contributed by atoms with Gasteiger partial charge in [-0.15, -0.1) is 23.5 Å². The van der Waals surface area contributed by atoms with Crippen molar-refractivity contribution in [2.24, 2.45) is 17.3 Å². The first-order valence-electron chi connectivity index (χ1n) is 8.10. The van der Waals surface area contributed by atoms with E-state index >= 15 is 0 Å². The average molecular weight is 333 g/mol. The van der Waals surface area contributed by atoms with Crippen LogP contribution in [0.3, 0.4) is 0 Å². The van der Waals surface area contributed by atoms with Crippen molar-refractivity contribution in [2.45, 2.75) is 49.1 Å². The third kappa shape index (κ3) is 2.57. The van der Waals surface area contributed by atoms with E-state index in [-0.39, 0.29) is 16.0 Å². The van der Waals surface area contributed by atoms with Gasteiger partial charge in [0.2, 0.25) is 0 Å². The van der Waals surface area contributed by atoms with Crippen molar-refractivity contribution in [2.75, 3.05) is 32.8 Å². The van der Waals surface area contributed by atoms with Gasteiger partial charge in [0.25, 0.3) is 0 Å². The van der Waals surface area contributed by atoms with Gasteiger partial charge in [0.15, 0.2) is 10.6 Å². The molecule has 122 valence electrons. The number of methoxy groups -OCH3 is 3. The molecule has 2 aliphatic carbocycles. The van der Waals surface area contributed by atoms with Gasteiger partial charge >= 0.3 is 0 Å². The molecule has 2 saturated carbocycles. The van der Waals surface area contributed by atoms with Gasteiger partial charge in [-0.25, -0.2) is 0 Å². The van der Waals surface area contributed by atoms with Gasteiger partial charge in [0.1, 0.15) is 0 Å². The first-order chi connectivity index (χ1) is 10.2. The largest absolute Gasteiger partial charge is 0.358 e. The van der Waals surface area contributed by atoms with Crippen LogP contribution in [-0.2, 0) is 14.2 Å². The molecule has 0 aromatic heterocycles. The number of rotatable bonds is 5. The maximum atomic E-state index is 6.22. The summed E-state index contributed by atoms with van der Waals surface area (Å²) in [6, 6.07) is 0. The van der Waals surface area contributed by atoms with E-state index in [1.165, 1.54) is 50.0 Å². The van der Waals surface area contributed by atoms with Crippen molar-refractivity contribution in [3.8, 4) is 0 Å². The third-order valence-electron chi connectivity index (χ3n) is 5.79. The fourth-order valence-electron chi connectivity index (χ4n) is 4.90. The van der Waals surface area contributed by atoms with Gasteiger partial charge < -0.3 is 14.2 Å². The molecule has 0 amide bonds. The highest BCUT2D eigenvalue weighted by atomic mass is 32.2. The third-order valence-corrected chi connectivity index (χ3v) is 9.39. The monoisotopic (exact) mass is 332 g/mol. The van der Waals surface area contributed by atoms with Crippen molar-refractivity contribution in [1.82, 2.24) is 0 Å². The Labute approximate surface area is 137 Å². The minimum atomic E-state index is -0.0980. The first kappa shape index (κ1) is 16.4. The van der Waals surface area contributed by atoms with E-state index in [0.29, 0.717) is 5.92 Å². The molecule has 3 rings (SSSR count). The highest BCUT2D eigenvalue weighted by molar-refractivity contribution is 8.18. The summed E-state index contributed by atoms with van der Waals surface area (Å²) in [6.07, 6.45) is 7.63. The van der Waals surface area contributed by atoms with Crippen LogP contribution in [0.15, 0.2) is 0 Å². The van der Waals surface area contributed by atoms with E-state index in [2.05, 4.69) is 0 Å². The van der Waals surface area contributed by atoms with E-state index in [0.717, 1.165) is 5.92 Å². The zero-order chi connectivity index (χ0) is 14.9. The maximum absolute atomic E-state index is 6.22. The number of ether oxygens (including phenoxy) is 3. The van der Waals surface area contributed by atoms with Crippen molar-refractivity contribution in [1.29, 1.82) is 0 Å². The molecule has 3 nitrogen and oxygen atoms in total. The zero-order valence-electron chi connectivity index (χ0n) is 13.4. The molecule has 2 bridgehead atoms. The molecule has 0 spiro atoms. The van der Waals surface area contributed by atoms with Crippen LogP contribution < -0.4 is 0 Å². The lowest BCUT2D eigenvalue weighted by atomic mass is 9.67. The van der Waals surface area contributed by atoms with E-state index < -0.39 is 0 Å². The predicted octanol–water partition coefficient (Wildman–Crippen LogP) is 3.97. The van der Waals surface area contributed by atoms with Crippen LogP contribution in [0.1, 0.15) is 38.5 Å². The number of fused-ring (bicyclic) bond motifs is 2. The summed E-state index contributed by atoms with van der Waals surface area (Å²) in [5, 5.41) is 0. The van der Waals surface area contributed by atoms with E-state index in [9.17, 15) is 0 Å². The van der Waals surface area contributed by atoms with Crippen LogP contribution in [-0.4, -0.2) is 43.4 Å². The van der Waals surface area contributed by atoms with Crippen LogP contribution >= 0.6 is 23.5 Å². The summed E-state index contributed by atoms with van der Waals surface area (Å²) in [5.41, 5.74) is 0.205. The Bertz CT molecular complexity index is 355. The molecule has 1 heterocycles. The second kappa shape index (κ2) is 6.60. The van der Waals surface area contributed by atoms with Gasteiger partial charge in [-0.3, -0.25) is 0 Å². The molecule has 3 atom stereocenters. The molecule has 0 aromatic rings.